The van der Waals surface area contributed by atoms with Crippen molar-refractivity contribution in [2.75, 3.05) is 13.3 Å². The van der Waals surface area contributed by atoms with Gasteiger partial charge in [-0.15, -0.1) is 11.3 Å². The number of amides is 1. The van der Waals surface area contributed by atoms with Crippen LogP contribution in [0.15, 0.2) is 89.2 Å². The second-order valence-corrected chi connectivity index (χ2v) is 10.2. The van der Waals surface area contributed by atoms with Crippen LogP contribution in [0.25, 0.3) is 10.9 Å². The van der Waals surface area contributed by atoms with Gasteiger partial charge in [-0.2, -0.15) is 0 Å². The number of aryl methyl sites for hydroxylation is 1. The Kier molecular flexibility index (Phi) is 6.67. The maximum absolute atomic E-state index is 13.8. The Morgan fingerprint density at radius 3 is 2.71 bits per heavy atom. The van der Waals surface area contributed by atoms with Crippen LogP contribution in [-0.4, -0.2) is 35.3 Å². The van der Waals surface area contributed by atoms with E-state index in [1.165, 1.54) is 10.9 Å². The first-order valence-corrected chi connectivity index (χ1v) is 13.4. The van der Waals surface area contributed by atoms with Crippen LogP contribution >= 0.6 is 11.3 Å². The molecule has 2 aromatic heterocycles. The van der Waals surface area contributed by atoms with E-state index in [2.05, 4.69) is 35.1 Å². The highest BCUT2D eigenvalue weighted by molar-refractivity contribution is 7.11. The Balaban J connectivity index is 1.24. The number of H-pyrrole nitrogens is 1. The molecule has 1 aliphatic rings. The number of rotatable bonds is 8. The Morgan fingerprint density at radius 2 is 1.87 bits per heavy atom. The number of para-hydroxylation sites is 1. The molecular weight excluding hydrogens is 494 g/mol. The number of carbonyl (C=O) groups is 1. The number of fused-ring (bicyclic) bond motifs is 2. The summed E-state index contributed by atoms with van der Waals surface area (Å²) < 4.78 is 11.0. The summed E-state index contributed by atoms with van der Waals surface area (Å²) in [5.74, 6) is 1.43. The highest BCUT2D eigenvalue weighted by atomic mass is 32.1. The highest BCUT2D eigenvalue weighted by Gasteiger charge is 2.20. The lowest BCUT2D eigenvalue weighted by Gasteiger charge is -2.23. The summed E-state index contributed by atoms with van der Waals surface area (Å²) in [7, 11) is 0. The van der Waals surface area contributed by atoms with Gasteiger partial charge in [0.25, 0.3) is 5.91 Å². The zero-order chi connectivity index (χ0) is 25.9. The van der Waals surface area contributed by atoms with E-state index in [0.29, 0.717) is 18.7 Å². The Morgan fingerprint density at radius 1 is 1.03 bits per heavy atom. The van der Waals surface area contributed by atoms with Gasteiger partial charge >= 0.3 is 0 Å². The molecule has 0 spiro atoms. The van der Waals surface area contributed by atoms with Crippen LogP contribution in [0.3, 0.4) is 0 Å². The van der Waals surface area contributed by atoms with Crippen LogP contribution in [0.5, 0.6) is 11.5 Å². The van der Waals surface area contributed by atoms with Crippen molar-refractivity contribution in [3.8, 4) is 11.5 Å². The fraction of sp³-hybridized carbons (Fsp3) is 0.161. The van der Waals surface area contributed by atoms with E-state index in [0.717, 1.165) is 45.3 Å². The third kappa shape index (κ3) is 5.06. The predicted molar refractivity (Wildman–Crippen MR) is 152 cm³/mol. The number of nitrogens with one attached hydrogen (secondary N) is 1. The van der Waals surface area contributed by atoms with Crippen LogP contribution in [0, 0.1) is 6.92 Å². The molecule has 0 unspecified atom stereocenters. The van der Waals surface area contributed by atoms with Crippen LogP contribution in [0.4, 0.5) is 5.69 Å². The lowest BCUT2D eigenvalue weighted by atomic mass is 10.1. The highest BCUT2D eigenvalue weighted by Crippen LogP contribution is 2.33. The molecule has 6 nitrogen and oxygen atoms in total. The lowest BCUT2D eigenvalue weighted by Crippen LogP contribution is -2.32. The van der Waals surface area contributed by atoms with Gasteiger partial charge < -0.3 is 19.4 Å². The number of ether oxygens (including phenoxy) is 2. The second-order valence-electron chi connectivity index (χ2n) is 9.26. The van der Waals surface area contributed by atoms with Crippen LogP contribution in [0.1, 0.15) is 32.1 Å². The van der Waals surface area contributed by atoms with Crippen molar-refractivity contribution in [1.82, 2.24) is 9.88 Å². The molecule has 0 aliphatic carbocycles. The SMILES string of the molecule is Cc1[nH]c2ccccc2c1CCN(Cc1ccc2c(c1)OCO2)C(=O)c1ccc(N=Cc2cccs2)cc1. The number of nitrogens with zero attached hydrogens (tertiary/aromatic N) is 2. The van der Waals surface area contributed by atoms with E-state index in [-0.39, 0.29) is 12.7 Å². The molecule has 3 heterocycles. The van der Waals surface area contributed by atoms with E-state index in [1.54, 1.807) is 11.3 Å². The first-order chi connectivity index (χ1) is 18.6. The van der Waals surface area contributed by atoms with Gasteiger partial charge in [-0.3, -0.25) is 9.79 Å². The molecular formula is C31H27N3O3S. The molecule has 3 aromatic carbocycles. The van der Waals surface area contributed by atoms with E-state index in [9.17, 15) is 4.79 Å². The number of aromatic nitrogens is 1. The minimum atomic E-state index is -0.0195. The van der Waals surface area contributed by atoms with Crippen molar-refractivity contribution in [3.05, 3.63) is 112 Å². The summed E-state index contributed by atoms with van der Waals surface area (Å²) >= 11 is 1.64. The molecule has 1 amide bonds. The van der Waals surface area contributed by atoms with Crippen LogP contribution < -0.4 is 9.47 Å². The van der Waals surface area contributed by atoms with Crippen molar-refractivity contribution in [3.63, 3.8) is 0 Å². The molecule has 38 heavy (non-hydrogen) atoms. The molecule has 7 heteroatoms. The molecule has 1 aliphatic heterocycles. The second kappa shape index (κ2) is 10.6. The van der Waals surface area contributed by atoms with Gasteiger partial charge in [0.05, 0.1) is 5.69 Å². The minimum absolute atomic E-state index is 0.0195. The monoisotopic (exact) mass is 521 g/mol. The third-order valence-electron chi connectivity index (χ3n) is 6.75. The molecule has 0 atom stereocenters. The van der Waals surface area contributed by atoms with Crippen LogP contribution in [0.2, 0.25) is 0 Å². The number of hydrogen-bond donors (Lipinski definition) is 1. The van der Waals surface area contributed by atoms with Crippen molar-refractivity contribution < 1.29 is 14.3 Å². The van der Waals surface area contributed by atoms with Gasteiger partial charge in [-0.05, 0) is 78.4 Å². The number of aromatic amines is 1. The maximum Gasteiger partial charge on any atom is 0.254 e. The third-order valence-corrected chi connectivity index (χ3v) is 7.56. The summed E-state index contributed by atoms with van der Waals surface area (Å²) in [6.07, 6.45) is 2.59. The topological polar surface area (TPSA) is 66.9 Å². The average Bonchev–Trinajstić information content (AvgIpc) is 3.70. The molecule has 0 saturated carbocycles. The number of carbonyl (C=O) groups excluding carboxylic acids is 1. The Labute approximate surface area is 225 Å². The molecule has 5 aromatic rings. The quantitative estimate of drug-likeness (QED) is 0.226. The van der Waals surface area contributed by atoms with Gasteiger partial charge in [-0.1, -0.05) is 30.3 Å². The number of thiophene rings is 1. The van der Waals surface area contributed by atoms with Gasteiger partial charge in [0, 0.05) is 46.3 Å². The van der Waals surface area contributed by atoms with Crippen molar-refractivity contribution >= 4 is 40.0 Å². The molecule has 0 radical (unpaired) electrons. The zero-order valence-electron chi connectivity index (χ0n) is 21.0. The van der Waals surface area contributed by atoms with E-state index < -0.39 is 0 Å². The van der Waals surface area contributed by atoms with E-state index in [1.807, 2.05) is 77.2 Å². The molecule has 6 rings (SSSR count). The van der Waals surface area contributed by atoms with Gasteiger partial charge in [0.15, 0.2) is 11.5 Å². The standard InChI is InChI=1S/C31H27N3O3S/c1-21-26(27-6-2-3-7-28(27)33-21)14-15-34(19-22-8-13-29-30(17-22)37-20-36-29)31(35)23-9-11-24(12-10-23)32-18-25-5-4-16-38-25/h2-13,16-18,33H,14-15,19-20H2,1H3. The minimum Gasteiger partial charge on any atom is -0.454 e. The summed E-state index contributed by atoms with van der Waals surface area (Å²) in [5, 5.41) is 3.23. The zero-order valence-corrected chi connectivity index (χ0v) is 21.8. The fourth-order valence-corrected chi connectivity index (χ4v) is 5.38. The van der Waals surface area contributed by atoms with Gasteiger partial charge in [0.1, 0.15) is 0 Å². The number of aliphatic imine (C=N–C) groups is 1. The van der Waals surface area contributed by atoms with Crippen molar-refractivity contribution in [2.45, 2.75) is 19.9 Å². The normalized spacial score (nSPS) is 12.4. The summed E-state index contributed by atoms with van der Waals surface area (Å²) in [5.41, 5.74) is 5.93. The van der Waals surface area contributed by atoms with E-state index in [4.69, 9.17) is 9.47 Å². The molecule has 190 valence electrons. The molecule has 0 saturated heterocycles. The maximum atomic E-state index is 13.8. The van der Waals surface area contributed by atoms with Crippen molar-refractivity contribution in [1.29, 1.82) is 0 Å². The molecule has 0 bridgehead atoms. The lowest BCUT2D eigenvalue weighted by molar-refractivity contribution is 0.0745. The number of benzene rings is 3. The van der Waals surface area contributed by atoms with Gasteiger partial charge in [-0.25, -0.2) is 0 Å². The number of hydrogen-bond acceptors (Lipinski definition) is 5. The van der Waals surface area contributed by atoms with Gasteiger partial charge in [0.2, 0.25) is 6.79 Å². The Hall–Kier alpha value is -4.36. The smallest absolute Gasteiger partial charge is 0.254 e. The molecule has 0 fully saturated rings. The summed E-state index contributed by atoms with van der Waals surface area (Å²) in [6.45, 7) is 3.36. The summed E-state index contributed by atoms with van der Waals surface area (Å²) in [4.78, 5) is 24.8. The fourth-order valence-electron chi connectivity index (χ4n) is 4.79. The van der Waals surface area contributed by atoms with Crippen molar-refractivity contribution in [2.24, 2.45) is 4.99 Å². The largest absolute Gasteiger partial charge is 0.454 e. The summed E-state index contributed by atoms with van der Waals surface area (Å²) in [6, 6.07) is 25.7. The Bertz CT molecular complexity index is 1600. The predicted octanol–water partition coefficient (Wildman–Crippen LogP) is 6.90. The average molecular weight is 522 g/mol. The van der Waals surface area contributed by atoms with E-state index >= 15 is 0 Å². The first-order valence-electron chi connectivity index (χ1n) is 12.6. The van der Waals surface area contributed by atoms with Crippen LogP contribution in [-0.2, 0) is 13.0 Å². The first kappa shape index (κ1) is 24.0. The molecule has 1 N–H and O–H groups in total.